The molecule has 172 valence electrons. The van der Waals surface area contributed by atoms with Crippen LogP contribution in [-0.4, -0.2) is 45.6 Å². The van der Waals surface area contributed by atoms with Crippen molar-refractivity contribution in [2.45, 2.75) is 57.3 Å². The van der Waals surface area contributed by atoms with E-state index in [1.807, 2.05) is 6.07 Å². The Morgan fingerprint density at radius 2 is 1.94 bits per heavy atom. The molecule has 0 radical (unpaired) electrons. The van der Waals surface area contributed by atoms with Crippen LogP contribution in [0.1, 0.15) is 56.9 Å². The molecule has 5 N–H and O–H groups in total. The minimum Gasteiger partial charge on any atom is -1.00 e. The number of aliphatic hydroxyl groups is 2. The third-order valence-electron chi connectivity index (χ3n) is 5.72. The quantitative estimate of drug-likeness (QED) is 0.172. The number of fused-ring (bicyclic) bond motifs is 1. The average Bonchev–Trinajstić information content (AvgIpc) is 2.77. The van der Waals surface area contributed by atoms with Crippen molar-refractivity contribution in [1.82, 2.24) is 5.32 Å². The van der Waals surface area contributed by atoms with Crippen LogP contribution in [0.3, 0.4) is 0 Å². The SMILES string of the molecule is O=C(O)CCCCOc1ccc2c(c1)C[C@@H](NC[C@@H](O)c1ccc(O)c(CO)c1)CC2.[H-].[H-].[Na+].[Na+]. The summed E-state index contributed by atoms with van der Waals surface area (Å²) in [4.78, 5) is 10.6. The molecular weight excluding hydrogens is 444 g/mol. The number of nitrogens with one attached hydrogen (secondary N) is 1. The molecule has 0 aromatic heterocycles. The topological polar surface area (TPSA) is 119 Å². The number of aryl methyl sites for hydroxylation is 1. The first-order chi connectivity index (χ1) is 15.0. The molecule has 0 unspecified atom stereocenters. The van der Waals surface area contributed by atoms with E-state index in [-0.39, 0.29) is 86.8 Å². The second-order valence-electron chi connectivity index (χ2n) is 8.04. The summed E-state index contributed by atoms with van der Waals surface area (Å²) in [6.07, 6.45) is 3.53. The number of phenols is 1. The summed E-state index contributed by atoms with van der Waals surface area (Å²) in [6, 6.07) is 11.1. The van der Waals surface area contributed by atoms with Crippen LogP contribution in [-0.2, 0) is 24.2 Å². The normalized spacial score (nSPS) is 15.5. The molecule has 1 aliphatic carbocycles. The number of carboxylic acids is 1. The molecule has 3 rings (SSSR count). The number of rotatable bonds is 11. The van der Waals surface area contributed by atoms with Gasteiger partial charge < -0.3 is 33.3 Å². The van der Waals surface area contributed by atoms with Crippen LogP contribution in [0.15, 0.2) is 36.4 Å². The second kappa shape index (κ2) is 15.4. The van der Waals surface area contributed by atoms with Gasteiger partial charge in [-0.3, -0.25) is 4.79 Å². The van der Waals surface area contributed by atoms with E-state index in [1.54, 1.807) is 12.1 Å². The van der Waals surface area contributed by atoms with Crippen molar-refractivity contribution in [3.63, 3.8) is 0 Å². The summed E-state index contributed by atoms with van der Waals surface area (Å²) in [7, 11) is 0. The van der Waals surface area contributed by atoms with Crippen LogP contribution in [0.2, 0.25) is 0 Å². The third-order valence-corrected chi connectivity index (χ3v) is 5.72. The molecule has 2 atom stereocenters. The predicted octanol–water partition coefficient (Wildman–Crippen LogP) is -3.07. The molecule has 0 fully saturated rings. The maximum absolute atomic E-state index is 10.6. The van der Waals surface area contributed by atoms with Gasteiger partial charge in [-0.2, -0.15) is 0 Å². The number of hydrogen-bond donors (Lipinski definition) is 5. The molecule has 9 heteroatoms. The number of carbonyl (C=O) groups is 1. The zero-order chi connectivity index (χ0) is 22.2. The first kappa shape index (κ1) is 30.4. The minimum absolute atomic E-state index is 0. The van der Waals surface area contributed by atoms with Gasteiger partial charge in [0.2, 0.25) is 0 Å². The van der Waals surface area contributed by atoms with Crippen LogP contribution < -0.4 is 69.2 Å². The number of unbranched alkanes of at least 4 members (excludes halogenated alkanes) is 1. The summed E-state index contributed by atoms with van der Waals surface area (Å²) in [5.74, 6) is 0.0438. The first-order valence-corrected chi connectivity index (χ1v) is 10.8. The number of ether oxygens (including phenoxy) is 1. The number of hydrogen-bond acceptors (Lipinski definition) is 6. The molecule has 7 nitrogen and oxygen atoms in total. The molecule has 0 bridgehead atoms. The van der Waals surface area contributed by atoms with E-state index >= 15 is 0 Å². The number of aliphatic hydroxyl groups excluding tert-OH is 2. The molecular formula is C24H33NNa2O6. The van der Waals surface area contributed by atoms with E-state index in [4.69, 9.17) is 9.84 Å². The maximum atomic E-state index is 10.6. The zero-order valence-electron chi connectivity index (χ0n) is 21.6. The maximum Gasteiger partial charge on any atom is 1.00 e. The standard InChI is InChI=1S/C24H31NO6.2Na.2H/c26-15-19-11-17(6-9-22(19)27)23(28)14-25-20-7-4-16-5-8-21(13-18(16)12-20)31-10-2-1-3-24(29)30;;;;/h5-6,8-9,11,13,20,23,25-28H,1-4,7,10,12,14-15H2,(H,29,30);;;;/q;2*+1;2*-1/t20-,23+;;;;/m0..../s1. The fourth-order valence-electron chi connectivity index (χ4n) is 3.90. The second-order valence-corrected chi connectivity index (χ2v) is 8.04. The van der Waals surface area contributed by atoms with Gasteiger partial charge in [0.25, 0.3) is 0 Å². The zero-order valence-corrected chi connectivity index (χ0v) is 23.6. The fraction of sp³-hybridized carbons (Fsp3) is 0.458. The third kappa shape index (κ3) is 9.51. The first-order valence-electron chi connectivity index (χ1n) is 10.8. The van der Waals surface area contributed by atoms with Crippen LogP contribution in [0.5, 0.6) is 11.5 Å². The monoisotopic (exact) mass is 477 g/mol. The summed E-state index contributed by atoms with van der Waals surface area (Å²) < 4.78 is 5.78. The molecule has 2 aromatic carbocycles. The Labute approximate surface area is 242 Å². The van der Waals surface area contributed by atoms with E-state index in [2.05, 4.69) is 17.4 Å². The summed E-state index contributed by atoms with van der Waals surface area (Å²) >= 11 is 0. The van der Waals surface area contributed by atoms with Crippen LogP contribution in [0.4, 0.5) is 0 Å². The van der Waals surface area contributed by atoms with E-state index in [1.165, 1.54) is 17.2 Å². The van der Waals surface area contributed by atoms with Gasteiger partial charge in [-0.25, -0.2) is 0 Å². The van der Waals surface area contributed by atoms with Gasteiger partial charge in [0.05, 0.1) is 19.3 Å². The molecule has 0 saturated heterocycles. The van der Waals surface area contributed by atoms with Crippen molar-refractivity contribution in [2.75, 3.05) is 13.2 Å². The molecule has 0 heterocycles. The smallest absolute Gasteiger partial charge is 1.00 e. The summed E-state index contributed by atoms with van der Waals surface area (Å²) in [5.41, 5.74) is 3.60. The molecule has 0 aliphatic heterocycles. The van der Waals surface area contributed by atoms with Gasteiger partial charge in [-0.05, 0) is 73.1 Å². The molecule has 0 spiro atoms. The molecule has 0 amide bonds. The van der Waals surface area contributed by atoms with Gasteiger partial charge in [-0.15, -0.1) is 0 Å². The Kier molecular flexibility index (Phi) is 14.2. The molecule has 1 aliphatic rings. The Balaban J connectivity index is 0. The van der Waals surface area contributed by atoms with E-state index < -0.39 is 12.1 Å². The average molecular weight is 478 g/mol. The van der Waals surface area contributed by atoms with Crippen molar-refractivity contribution in [2.24, 2.45) is 0 Å². The van der Waals surface area contributed by atoms with E-state index in [0.29, 0.717) is 37.1 Å². The van der Waals surface area contributed by atoms with Crippen LogP contribution in [0.25, 0.3) is 0 Å². The van der Waals surface area contributed by atoms with Gasteiger partial charge in [0.1, 0.15) is 11.5 Å². The van der Waals surface area contributed by atoms with E-state index in [9.17, 15) is 20.1 Å². The molecule has 0 saturated carbocycles. The molecule has 2 aromatic rings. The van der Waals surface area contributed by atoms with Crippen molar-refractivity contribution in [3.05, 3.63) is 58.7 Å². The van der Waals surface area contributed by atoms with E-state index in [0.717, 1.165) is 25.0 Å². The predicted molar refractivity (Wildman–Crippen MR) is 118 cm³/mol. The van der Waals surface area contributed by atoms with Crippen molar-refractivity contribution in [1.29, 1.82) is 0 Å². The van der Waals surface area contributed by atoms with Gasteiger partial charge in [-0.1, -0.05) is 12.1 Å². The Morgan fingerprint density at radius 1 is 1.15 bits per heavy atom. The van der Waals surface area contributed by atoms with Crippen molar-refractivity contribution in [3.8, 4) is 11.5 Å². The minimum atomic E-state index is -0.781. The Bertz CT molecular complexity index is 906. The number of aliphatic carboxylic acids is 1. The summed E-state index contributed by atoms with van der Waals surface area (Å²) in [5, 5.41) is 41.6. The van der Waals surface area contributed by atoms with Crippen LogP contribution >= 0.6 is 0 Å². The fourth-order valence-corrected chi connectivity index (χ4v) is 3.90. The van der Waals surface area contributed by atoms with Gasteiger partial charge in [0, 0.05) is 24.6 Å². The molecule has 33 heavy (non-hydrogen) atoms. The Hall–Kier alpha value is -0.610. The number of aromatic hydroxyl groups is 1. The van der Waals surface area contributed by atoms with Crippen molar-refractivity contribution < 1.29 is 91.9 Å². The van der Waals surface area contributed by atoms with Gasteiger partial charge >= 0.3 is 65.1 Å². The largest absolute Gasteiger partial charge is 1.00 e. The number of carboxylic acid groups (broad SMARTS) is 1. The van der Waals surface area contributed by atoms with Crippen molar-refractivity contribution >= 4 is 5.97 Å². The number of benzene rings is 2. The summed E-state index contributed by atoms with van der Waals surface area (Å²) in [6.45, 7) is 0.612. The van der Waals surface area contributed by atoms with Crippen LogP contribution in [0, 0.1) is 0 Å². The Morgan fingerprint density at radius 3 is 2.67 bits per heavy atom. The van der Waals surface area contributed by atoms with Gasteiger partial charge in [0.15, 0.2) is 0 Å².